The number of hydrogen-bond donors (Lipinski definition) is 1. The van der Waals surface area contributed by atoms with Gasteiger partial charge < -0.3 is 5.32 Å². The quantitative estimate of drug-likeness (QED) is 0.788. The lowest BCUT2D eigenvalue weighted by atomic mass is 10.2. The Kier molecular flexibility index (Phi) is 5.90. The van der Waals surface area contributed by atoms with Crippen molar-refractivity contribution >= 4 is 39.0 Å². The van der Waals surface area contributed by atoms with E-state index in [0.29, 0.717) is 18.8 Å². The van der Waals surface area contributed by atoms with E-state index in [0.717, 1.165) is 29.7 Å². The highest BCUT2D eigenvalue weighted by molar-refractivity contribution is 7.89. The van der Waals surface area contributed by atoms with Crippen molar-refractivity contribution in [2.45, 2.75) is 31.1 Å². The molecule has 2 aromatic rings. The number of amides is 1. The number of benzene rings is 1. The number of piperidine rings is 1. The summed E-state index contributed by atoms with van der Waals surface area (Å²) in [7, 11) is -3.52. The Labute approximate surface area is 158 Å². The average molecular weight is 391 g/mol. The normalized spacial score (nSPS) is 16.0. The van der Waals surface area contributed by atoms with Crippen LogP contribution in [0.1, 0.15) is 29.7 Å². The van der Waals surface area contributed by atoms with Crippen LogP contribution in [0.2, 0.25) is 0 Å². The van der Waals surface area contributed by atoms with E-state index in [1.165, 1.54) is 10.4 Å². The number of aryl methyl sites for hydroxylation is 1. The lowest BCUT2D eigenvalue weighted by Crippen LogP contribution is -2.35. The molecule has 26 heavy (non-hydrogen) atoms. The summed E-state index contributed by atoms with van der Waals surface area (Å²) in [5, 5.41) is 4.73. The first-order valence-corrected chi connectivity index (χ1v) is 10.9. The molecule has 1 aromatic carbocycles. The molecule has 1 N–H and O–H groups in total. The van der Waals surface area contributed by atoms with Crippen molar-refractivity contribution < 1.29 is 13.2 Å². The van der Waals surface area contributed by atoms with Crippen LogP contribution in [0, 0.1) is 6.92 Å². The molecule has 138 valence electrons. The van der Waals surface area contributed by atoms with Crippen LogP contribution in [0.25, 0.3) is 6.08 Å². The van der Waals surface area contributed by atoms with Gasteiger partial charge in [0.15, 0.2) is 0 Å². The molecule has 0 radical (unpaired) electrons. The van der Waals surface area contributed by atoms with Crippen molar-refractivity contribution in [1.82, 2.24) is 4.31 Å². The molecular weight excluding hydrogens is 368 g/mol. The van der Waals surface area contributed by atoms with Gasteiger partial charge >= 0.3 is 0 Å². The minimum absolute atomic E-state index is 0.225. The third-order valence-electron chi connectivity index (χ3n) is 4.36. The number of sulfonamides is 1. The van der Waals surface area contributed by atoms with Crippen molar-refractivity contribution in [3.8, 4) is 0 Å². The number of rotatable bonds is 5. The molecule has 3 rings (SSSR count). The minimum Gasteiger partial charge on any atom is -0.322 e. The van der Waals surface area contributed by atoms with Crippen LogP contribution >= 0.6 is 11.3 Å². The number of nitrogens with zero attached hydrogens (tertiary/aromatic N) is 1. The SMILES string of the molecule is Cc1ccc(S(=O)(=O)N2CCCCC2)cc1NC(=O)C=Cc1cccs1. The fraction of sp³-hybridized carbons (Fsp3) is 0.316. The molecule has 1 fully saturated rings. The highest BCUT2D eigenvalue weighted by Crippen LogP contribution is 2.25. The topological polar surface area (TPSA) is 66.5 Å². The van der Waals surface area contributed by atoms with Gasteiger partial charge in [-0.05, 0) is 55.0 Å². The Morgan fingerprint density at radius 3 is 2.65 bits per heavy atom. The predicted molar refractivity (Wildman–Crippen MR) is 106 cm³/mol. The molecule has 1 aromatic heterocycles. The molecule has 0 atom stereocenters. The maximum absolute atomic E-state index is 12.8. The van der Waals surface area contributed by atoms with E-state index in [1.54, 1.807) is 35.6 Å². The molecule has 1 amide bonds. The van der Waals surface area contributed by atoms with Crippen molar-refractivity contribution in [2.75, 3.05) is 18.4 Å². The molecule has 0 bridgehead atoms. The summed E-state index contributed by atoms with van der Waals surface area (Å²) in [6, 6.07) is 8.73. The van der Waals surface area contributed by atoms with Crippen LogP contribution in [0.15, 0.2) is 46.7 Å². The van der Waals surface area contributed by atoms with Gasteiger partial charge in [0.25, 0.3) is 0 Å². The van der Waals surface area contributed by atoms with Crippen molar-refractivity contribution in [1.29, 1.82) is 0 Å². The van der Waals surface area contributed by atoms with Crippen molar-refractivity contribution in [3.05, 3.63) is 52.2 Å². The number of nitrogens with one attached hydrogen (secondary N) is 1. The average Bonchev–Trinajstić information content (AvgIpc) is 3.16. The molecule has 0 unspecified atom stereocenters. The Morgan fingerprint density at radius 1 is 1.19 bits per heavy atom. The van der Waals surface area contributed by atoms with Gasteiger partial charge in [-0.15, -0.1) is 11.3 Å². The summed E-state index contributed by atoms with van der Waals surface area (Å²) in [6.45, 7) is 2.96. The predicted octanol–water partition coefficient (Wildman–Crippen LogP) is 3.88. The van der Waals surface area contributed by atoms with Gasteiger partial charge in [-0.25, -0.2) is 8.42 Å². The molecule has 1 saturated heterocycles. The van der Waals surface area contributed by atoms with Gasteiger partial charge in [0.05, 0.1) is 4.90 Å². The zero-order valence-corrected chi connectivity index (χ0v) is 16.3. The largest absolute Gasteiger partial charge is 0.322 e. The number of hydrogen-bond acceptors (Lipinski definition) is 4. The van der Waals surface area contributed by atoms with E-state index in [1.807, 2.05) is 24.4 Å². The standard InChI is InChI=1S/C19H22N2O3S2/c1-15-7-9-17(26(23,24)21-11-3-2-4-12-21)14-18(15)20-19(22)10-8-16-6-5-13-25-16/h5-10,13-14H,2-4,11-12H2,1H3,(H,20,22). The zero-order valence-electron chi connectivity index (χ0n) is 14.6. The third-order valence-corrected chi connectivity index (χ3v) is 7.09. The highest BCUT2D eigenvalue weighted by atomic mass is 32.2. The summed E-state index contributed by atoms with van der Waals surface area (Å²) < 4.78 is 27.2. The molecule has 0 aliphatic carbocycles. The molecule has 1 aliphatic rings. The Hall–Kier alpha value is -1.96. The van der Waals surface area contributed by atoms with Crippen LogP contribution in [-0.2, 0) is 14.8 Å². The number of carbonyl (C=O) groups is 1. The molecule has 2 heterocycles. The second-order valence-corrected chi connectivity index (χ2v) is 9.20. The first kappa shape index (κ1) is 18.8. The second kappa shape index (κ2) is 8.16. The molecule has 7 heteroatoms. The maximum atomic E-state index is 12.8. The summed E-state index contributed by atoms with van der Waals surface area (Å²) >= 11 is 1.54. The summed E-state index contributed by atoms with van der Waals surface area (Å²) in [6.07, 6.45) is 6.04. The van der Waals surface area contributed by atoms with E-state index in [9.17, 15) is 13.2 Å². The molecule has 1 aliphatic heterocycles. The first-order valence-electron chi connectivity index (χ1n) is 8.60. The van der Waals surface area contributed by atoms with Crippen molar-refractivity contribution in [3.63, 3.8) is 0 Å². The summed E-state index contributed by atoms with van der Waals surface area (Å²) in [5.74, 6) is -0.283. The van der Waals surface area contributed by atoms with Gasteiger partial charge in [0.2, 0.25) is 15.9 Å². The molecule has 0 saturated carbocycles. The van der Waals surface area contributed by atoms with E-state index in [4.69, 9.17) is 0 Å². The van der Waals surface area contributed by atoms with Crippen LogP contribution < -0.4 is 5.32 Å². The number of thiophene rings is 1. The van der Waals surface area contributed by atoms with Crippen molar-refractivity contribution in [2.24, 2.45) is 0 Å². The maximum Gasteiger partial charge on any atom is 0.248 e. The van der Waals surface area contributed by atoms with E-state index < -0.39 is 10.0 Å². The van der Waals surface area contributed by atoms with E-state index in [-0.39, 0.29) is 10.8 Å². The zero-order chi connectivity index (χ0) is 18.6. The fourth-order valence-corrected chi connectivity index (χ4v) is 5.03. The van der Waals surface area contributed by atoms with E-state index >= 15 is 0 Å². The lowest BCUT2D eigenvalue weighted by Gasteiger charge is -2.26. The van der Waals surface area contributed by atoms with Crippen LogP contribution in [0.5, 0.6) is 0 Å². The smallest absolute Gasteiger partial charge is 0.248 e. The van der Waals surface area contributed by atoms with Gasteiger partial charge in [-0.3, -0.25) is 4.79 Å². The Bertz CT molecular complexity index is 897. The third kappa shape index (κ3) is 4.41. The monoisotopic (exact) mass is 390 g/mol. The van der Waals surface area contributed by atoms with E-state index in [2.05, 4.69) is 5.32 Å². The Balaban J connectivity index is 1.78. The second-order valence-electron chi connectivity index (χ2n) is 6.28. The Morgan fingerprint density at radius 2 is 1.96 bits per heavy atom. The fourth-order valence-electron chi connectivity index (χ4n) is 2.87. The van der Waals surface area contributed by atoms with Crippen LogP contribution in [0.4, 0.5) is 5.69 Å². The van der Waals surface area contributed by atoms with Gasteiger partial charge in [0.1, 0.15) is 0 Å². The van der Waals surface area contributed by atoms with Crippen LogP contribution in [-0.4, -0.2) is 31.7 Å². The summed E-state index contributed by atoms with van der Waals surface area (Å²) in [4.78, 5) is 13.4. The molecule has 5 nitrogen and oxygen atoms in total. The molecular formula is C19H22N2O3S2. The van der Waals surface area contributed by atoms with Crippen LogP contribution in [0.3, 0.4) is 0 Å². The highest BCUT2D eigenvalue weighted by Gasteiger charge is 2.26. The number of anilines is 1. The van der Waals surface area contributed by atoms with Gasteiger partial charge in [0, 0.05) is 29.7 Å². The minimum atomic E-state index is -3.52. The number of carbonyl (C=O) groups excluding carboxylic acids is 1. The first-order chi connectivity index (χ1) is 12.5. The van der Waals surface area contributed by atoms with Gasteiger partial charge in [-0.2, -0.15) is 4.31 Å². The summed E-state index contributed by atoms with van der Waals surface area (Å²) in [5.41, 5.74) is 1.34. The molecule has 0 spiro atoms. The lowest BCUT2D eigenvalue weighted by molar-refractivity contribution is -0.111. The van der Waals surface area contributed by atoms with Gasteiger partial charge in [-0.1, -0.05) is 18.6 Å².